The summed E-state index contributed by atoms with van der Waals surface area (Å²) in [5, 5.41) is 12.0. The molecular weight excluding hydrogens is 312 g/mol. The van der Waals surface area contributed by atoms with Crippen LogP contribution in [0.5, 0.6) is 0 Å². The van der Waals surface area contributed by atoms with Crippen LogP contribution in [-0.2, 0) is 4.79 Å². The monoisotopic (exact) mass is 328 g/mol. The van der Waals surface area contributed by atoms with Gasteiger partial charge in [0.05, 0.1) is 0 Å². The van der Waals surface area contributed by atoms with Crippen molar-refractivity contribution in [3.8, 4) is 17.4 Å². The van der Waals surface area contributed by atoms with Crippen LogP contribution in [0.15, 0.2) is 76.7 Å². The Balaban J connectivity index is 1.80. The molecule has 25 heavy (non-hydrogen) atoms. The summed E-state index contributed by atoms with van der Waals surface area (Å²) in [5.74, 6) is 0.671. The molecule has 4 heteroatoms. The summed E-state index contributed by atoms with van der Waals surface area (Å²) in [6.45, 7) is 2.02. The molecule has 0 saturated carbocycles. The van der Waals surface area contributed by atoms with Crippen molar-refractivity contribution in [3.63, 3.8) is 0 Å². The lowest BCUT2D eigenvalue weighted by molar-refractivity contribution is -0.112. The second-order valence-corrected chi connectivity index (χ2v) is 5.56. The lowest BCUT2D eigenvalue weighted by atomic mass is 10.1. The highest BCUT2D eigenvalue weighted by Crippen LogP contribution is 2.24. The van der Waals surface area contributed by atoms with Crippen molar-refractivity contribution >= 4 is 17.7 Å². The first-order valence-electron chi connectivity index (χ1n) is 7.81. The Morgan fingerprint density at radius 2 is 1.76 bits per heavy atom. The fraction of sp³-hybridized carbons (Fsp3) is 0.0476. The average Bonchev–Trinajstić information content (AvgIpc) is 3.09. The molecule has 1 aromatic heterocycles. The normalized spacial score (nSPS) is 11.0. The van der Waals surface area contributed by atoms with E-state index in [9.17, 15) is 10.1 Å². The zero-order valence-corrected chi connectivity index (χ0v) is 13.7. The van der Waals surface area contributed by atoms with Gasteiger partial charge < -0.3 is 9.73 Å². The number of furan rings is 1. The third-order valence-electron chi connectivity index (χ3n) is 3.65. The molecule has 1 N–H and O–H groups in total. The van der Waals surface area contributed by atoms with Gasteiger partial charge in [0.15, 0.2) is 0 Å². The highest BCUT2D eigenvalue weighted by molar-refractivity contribution is 6.09. The van der Waals surface area contributed by atoms with Gasteiger partial charge in [-0.3, -0.25) is 4.79 Å². The number of carbonyl (C=O) groups is 1. The zero-order valence-electron chi connectivity index (χ0n) is 13.7. The second kappa shape index (κ2) is 7.33. The van der Waals surface area contributed by atoms with E-state index < -0.39 is 5.91 Å². The predicted octanol–water partition coefficient (Wildman–Crippen LogP) is 4.80. The number of nitrogens with zero attached hydrogens (tertiary/aromatic N) is 1. The number of benzene rings is 2. The van der Waals surface area contributed by atoms with Gasteiger partial charge in [0.1, 0.15) is 23.2 Å². The number of nitrogens with one attached hydrogen (secondary N) is 1. The van der Waals surface area contributed by atoms with Gasteiger partial charge in [-0.25, -0.2) is 0 Å². The minimum atomic E-state index is -0.470. The molecule has 0 saturated heterocycles. The summed E-state index contributed by atoms with van der Waals surface area (Å²) in [4.78, 5) is 12.2. The maximum atomic E-state index is 12.2. The highest BCUT2D eigenvalue weighted by atomic mass is 16.3. The molecule has 0 aliphatic heterocycles. The second-order valence-electron chi connectivity index (χ2n) is 5.56. The average molecular weight is 328 g/mol. The first kappa shape index (κ1) is 16.3. The Bertz CT molecular complexity index is 946. The standard InChI is InChI=1S/C21H16N2O2/c1-15-7-9-16(10-8-15)20-12-11-19(25-20)13-17(14-22)21(24)23-18-5-3-2-4-6-18/h2-13H,1H3,(H,23,24)/b17-13+. The van der Waals surface area contributed by atoms with Crippen molar-refractivity contribution in [2.45, 2.75) is 6.92 Å². The molecule has 0 aliphatic carbocycles. The molecule has 0 atom stereocenters. The number of rotatable bonds is 4. The fourth-order valence-electron chi connectivity index (χ4n) is 2.31. The van der Waals surface area contributed by atoms with Crippen molar-refractivity contribution in [3.05, 3.63) is 83.6 Å². The van der Waals surface area contributed by atoms with Crippen LogP contribution in [0.25, 0.3) is 17.4 Å². The molecule has 3 rings (SSSR count). The van der Waals surface area contributed by atoms with Crippen LogP contribution in [0.3, 0.4) is 0 Å². The molecule has 0 unspecified atom stereocenters. The molecular formula is C21H16N2O2. The minimum Gasteiger partial charge on any atom is -0.457 e. The smallest absolute Gasteiger partial charge is 0.266 e. The van der Waals surface area contributed by atoms with Gasteiger partial charge in [-0.15, -0.1) is 0 Å². The summed E-state index contributed by atoms with van der Waals surface area (Å²) in [6, 6.07) is 22.4. The third-order valence-corrected chi connectivity index (χ3v) is 3.65. The van der Waals surface area contributed by atoms with Gasteiger partial charge in [0.25, 0.3) is 5.91 Å². The van der Waals surface area contributed by atoms with Crippen LogP contribution in [0.1, 0.15) is 11.3 Å². The third kappa shape index (κ3) is 4.04. The number of hydrogen-bond acceptors (Lipinski definition) is 3. The molecule has 3 aromatic rings. The number of nitriles is 1. The van der Waals surface area contributed by atoms with Crippen molar-refractivity contribution in [2.24, 2.45) is 0 Å². The molecule has 4 nitrogen and oxygen atoms in total. The Labute approximate surface area is 146 Å². The summed E-state index contributed by atoms with van der Waals surface area (Å²) in [5.41, 5.74) is 2.72. The molecule has 122 valence electrons. The minimum absolute atomic E-state index is 0.0198. The van der Waals surface area contributed by atoms with Crippen LogP contribution >= 0.6 is 0 Å². The van der Waals surface area contributed by atoms with Gasteiger partial charge in [0.2, 0.25) is 0 Å². The lowest BCUT2D eigenvalue weighted by Gasteiger charge is -2.03. The zero-order chi connectivity index (χ0) is 17.6. The maximum absolute atomic E-state index is 12.2. The Kier molecular flexibility index (Phi) is 4.77. The molecule has 1 heterocycles. The summed E-state index contributed by atoms with van der Waals surface area (Å²) in [6.07, 6.45) is 1.44. The molecule has 1 amide bonds. The van der Waals surface area contributed by atoms with Gasteiger partial charge in [0, 0.05) is 17.3 Å². The van der Waals surface area contributed by atoms with Crippen LogP contribution < -0.4 is 5.32 Å². The van der Waals surface area contributed by atoms with Crippen LogP contribution in [0.2, 0.25) is 0 Å². The first-order valence-corrected chi connectivity index (χ1v) is 7.81. The topological polar surface area (TPSA) is 66.0 Å². The number of para-hydroxylation sites is 1. The molecule has 0 aliphatic rings. The first-order chi connectivity index (χ1) is 12.2. The Morgan fingerprint density at radius 3 is 2.44 bits per heavy atom. The van der Waals surface area contributed by atoms with E-state index in [0.29, 0.717) is 17.2 Å². The number of carbonyl (C=O) groups excluding carboxylic acids is 1. The fourth-order valence-corrected chi connectivity index (χ4v) is 2.31. The van der Waals surface area contributed by atoms with E-state index >= 15 is 0 Å². The van der Waals surface area contributed by atoms with E-state index in [1.54, 1.807) is 18.2 Å². The number of anilines is 1. The number of hydrogen-bond donors (Lipinski definition) is 1. The van der Waals surface area contributed by atoms with Gasteiger partial charge in [-0.05, 0) is 31.2 Å². The van der Waals surface area contributed by atoms with E-state index in [-0.39, 0.29) is 5.57 Å². The SMILES string of the molecule is Cc1ccc(-c2ccc(/C=C(\C#N)C(=O)Nc3ccccc3)o2)cc1. The van der Waals surface area contributed by atoms with Gasteiger partial charge in [-0.2, -0.15) is 5.26 Å². The van der Waals surface area contributed by atoms with E-state index in [4.69, 9.17) is 4.42 Å². The van der Waals surface area contributed by atoms with Gasteiger partial charge >= 0.3 is 0 Å². The van der Waals surface area contributed by atoms with Crippen LogP contribution in [0.4, 0.5) is 5.69 Å². The van der Waals surface area contributed by atoms with Crippen molar-refractivity contribution in [2.75, 3.05) is 5.32 Å². The number of amides is 1. The molecule has 0 radical (unpaired) electrons. The van der Waals surface area contributed by atoms with Gasteiger partial charge in [-0.1, -0.05) is 48.0 Å². The van der Waals surface area contributed by atoms with E-state index in [0.717, 1.165) is 5.56 Å². The maximum Gasteiger partial charge on any atom is 0.266 e. The number of aryl methyl sites for hydroxylation is 1. The molecule has 2 aromatic carbocycles. The largest absolute Gasteiger partial charge is 0.457 e. The molecule has 0 fully saturated rings. The summed E-state index contributed by atoms with van der Waals surface area (Å²) < 4.78 is 5.73. The Morgan fingerprint density at radius 1 is 1.04 bits per heavy atom. The molecule has 0 spiro atoms. The Hall–Kier alpha value is -3.58. The van der Waals surface area contributed by atoms with Crippen molar-refractivity contribution < 1.29 is 9.21 Å². The van der Waals surface area contributed by atoms with E-state index in [1.165, 1.54) is 11.6 Å². The van der Waals surface area contributed by atoms with Crippen molar-refractivity contribution in [1.29, 1.82) is 5.26 Å². The van der Waals surface area contributed by atoms with Crippen molar-refractivity contribution in [1.82, 2.24) is 0 Å². The van der Waals surface area contributed by atoms with E-state index in [1.807, 2.05) is 61.5 Å². The highest BCUT2D eigenvalue weighted by Gasteiger charge is 2.11. The predicted molar refractivity (Wildman–Crippen MR) is 97.5 cm³/mol. The lowest BCUT2D eigenvalue weighted by Crippen LogP contribution is -2.13. The van der Waals surface area contributed by atoms with Crippen LogP contribution in [0, 0.1) is 18.3 Å². The summed E-state index contributed by atoms with van der Waals surface area (Å²) >= 11 is 0. The molecule has 0 bridgehead atoms. The summed E-state index contributed by atoms with van der Waals surface area (Å²) in [7, 11) is 0. The quantitative estimate of drug-likeness (QED) is 0.552. The van der Waals surface area contributed by atoms with E-state index in [2.05, 4.69) is 5.32 Å². The van der Waals surface area contributed by atoms with Crippen LogP contribution in [-0.4, -0.2) is 5.91 Å².